The maximum atomic E-state index is 6.04. The Labute approximate surface area is 96.8 Å². The summed E-state index contributed by atoms with van der Waals surface area (Å²) in [5.41, 5.74) is 6.86. The first kappa shape index (κ1) is 10.3. The standard InChI is InChI=1S/C10H8Cl2N2O/c1-5-9(14-10(13)15-5)7-3-2-6(11)4-8(7)12/h2-4H,1H3,(H2,13,14). The molecule has 2 rings (SSSR count). The van der Waals surface area contributed by atoms with Crippen molar-refractivity contribution in [3.05, 3.63) is 34.0 Å². The minimum Gasteiger partial charge on any atom is -0.429 e. The van der Waals surface area contributed by atoms with E-state index in [2.05, 4.69) is 4.98 Å². The van der Waals surface area contributed by atoms with E-state index in [1.807, 2.05) is 0 Å². The van der Waals surface area contributed by atoms with E-state index in [0.29, 0.717) is 21.5 Å². The Kier molecular flexibility index (Phi) is 2.59. The molecule has 0 atom stereocenters. The minimum absolute atomic E-state index is 0.133. The number of nitrogens with zero attached hydrogens (tertiary/aromatic N) is 1. The van der Waals surface area contributed by atoms with Crippen molar-refractivity contribution in [3.63, 3.8) is 0 Å². The Morgan fingerprint density at radius 3 is 2.60 bits per heavy atom. The quantitative estimate of drug-likeness (QED) is 0.833. The highest BCUT2D eigenvalue weighted by atomic mass is 35.5. The number of hydrogen-bond donors (Lipinski definition) is 1. The van der Waals surface area contributed by atoms with Crippen LogP contribution in [0.4, 0.5) is 6.01 Å². The number of nitrogens with two attached hydrogens (primary N) is 1. The molecule has 1 aromatic heterocycles. The lowest BCUT2D eigenvalue weighted by Gasteiger charge is -2.01. The van der Waals surface area contributed by atoms with Gasteiger partial charge in [-0.25, -0.2) is 0 Å². The van der Waals surface area contributed by atoms with Gasteiger partial charge in [-0.1, -0.05) is 23.2 Å². The number of nitrogen functional groups attached to an aromatic ring is 1. The van der Waals surface area contributed by atoms with Crippen molar-refractivity contribution in [2.75, 3.05) is 5.73 Å². The molecule has 0 amide bonds. The Bertz CT molecular complexity index is 508. The first-order valence-electron chi connectivity index (χ1n) is 4.26. The molecule has 1 heterocycles. The monoisotopic (exact) mass is 242 g/mol. The number of aromatic nitrogens is 1. The van der Waals surface area contributed by atoms with Gasteiger partial charge in [0.25, 0.3) is 6.01 Å². The Balaban J connectivity index is 2.59. The third-order valence-electron chi connectivity index (χ3n) is 2.00. The van der Waals surface area contributed by atoms with E-state index >= 15 is 0 Å². The molecular weight excluding hydrogens is 235 g/mol. The third kappa shape index (κ3) is 1.94. The van der Waals surface area contributed by atoms with E-state index in [-0.39, 0.29) is 6.01 Å². The highest BCUT2D eigenvalue weighted by Crippen LogP contribution is 2.32. The second-order valence-electron chi connectivity index (χ2n) is 3.08. The number of rotatable bonds is 1. The molecule has 0 aliphatic heterocycles. The largest absolute Gasteiger partial charge is 0.429 e. The molecule has 0 fully saturated rings. The molecule has 0 spiro atoms. The lowest BCUT2D eigenvalue weighted by molar-refractivity contribution is 0.549. The van der Waals surface area contributed by atoms with E-state index in [1.165, 1.54) is 0 Å². The van der Waals surface area contributed by atoms with Gasteiger partial charge in [0, 0.05) is 10.6 Å². The van der Waals surface area contributed by atoms with Gasteiger partial charge in [0.2, 0.25) is 0 Å². The van der Waals surface area contributed by atoms with Crippen molar-refractivity contribution in [2.45, 2.75) is 6.92 Å². The smallest absolute Gasteiger partial charge is 0.292 e. The Morgan fingerprint density at radius 1 is 1.33 bits per heavy atom. The summed E-state index contributed by atoms with van der Waals surface area (Å²) < 4.78 is 5.13. The zero-order valence-electron chi connectivity index (χ0n) is 7.92. The van der Waals surface area contributed by atoms with Crippen LogP contribution in [0, 0.1) is 6.92 Å². The maximum Gasteiger partial charge on any atom is 0.292 e. The zero-order valence-corrected chi connectivity index (χ0v) is 9.43. The van der Waals surface area contributed by atoms with Crippen LogP contribution in [-0.4, -0.2) is 4.98 Å². The summed E-state index contributed by atoms with van der Waals surface area (Å²) in [6.45, 7) is 1.78. The van der Waals surface area contributed by atoms with Crippen LogP contribution in [0.1, 0.15) is 5.76 Å². The van der Waals surface area contributed by atoms with E-state index in [4.69, 9.17) is 33.4 Å². The lowest BCUT2D eigenvalue weighted by Crippen LogP contribution is -1.85. The predicted octanol–water partition coefficient (Wildman–Crippen LogP) is 3.54. The van der Waals surface area contributed by atoms with E-state index in [9.17, 15) is 0 Å². The SMILES string of the molecule is Cc1oc(N)nc1-c1ccc(Cl)cc1Cl. The molecule has 78 valence electrons. The first-order chi connectivity index (χ1) is 7.08. The van der Waals surface area contributed by atoms with Crippen LogP contribution in [-0.2, 0) is 0 Å². The second kappa shape index (κ2) is 3.76. The van der Waals surface area contributed by atoms with Crippen LogP contribution >= 0.6 is 23.2 Å². The van der Waals surface area contributed by atoms with Crippen molar-refractivity contribution < 1.29 is 4.42 Å². The number of hydrogen-bond acceptors (Lipinski definition) is 3. The average Bonchev–Trinajstić information content (AvgIpc) is 2.45. The second-order valence-corrected chi connectivity index (χ2v) is 3.92. The topological polar surface area (TPSA) is 52.0 Å². The number of halogens is 2. The summed E-state index contributed by atoms with van der Waals surface area (Å²) in [6.07, 6.45) is 0. The minimum atomic E-state index is 0.133. The molecule has 0 aliphatic carbocycles. The van der Waals surface area contributed by atoms with Crippen LogP contribution in [0.2, 0.25) is 10.0 Å². The third-order valence-corrected chi connectivity index (χ3v) is 2.55. The number of anilines is 1. The Hall–Kier alpha value is -1.19. The lowest BCUT2D eigenvalue weighted by atomic mass is 10.1. The van der Waals surface area contributed by atoms with Crippen LogP contribution in [0.25, 0.3) is 11.3 Å². The van der Waals surface area contributed by atoms with Gasteiger partial charge in [-0.15, -0.1) is 0 Å². The van der Waals surface area contributed by atoms with E-state index in [0.717, 1.165) is 5.56 Å². The van der Waals surface area contributed by atoms with Gasteiger partial charge in [-0.05, 0) is 25.1 Å². The van der Waals surface area contributed by atoms with Crippen molar-refractivity contribution in [1.29, 1.82) is 0 Å². The summed E-state index contributed by atoms with van der Waals surface area (Å²) in [4.78, 5) is 4.05. The van der Waals surface area contributed by atoms with Gasteiger partial charge in [0.1, 0.15) is 11.5 Å². The molecule has 2 aromatic rings. The molecule has 0 saturated carbocycles. The van der Waals surface area contributed by atoms with E-state index < -0.39 is 0 Å². The van der Waals surface area contributed by atoms with Crippen LogP contribution < -0.4 is 5.73 Å². The van der Waals surface area contributed by atoms with Crippen LogP contribution in [0.3, 0.4) is 0 Å². The summed E-state index contributed by atoms with van der Waals surface area (Å²) in [5.74, 6) is 0.636. The molecule has 3 nitrogen and oxygen atoms in total. The Morgan fingerprint density at radius 2 is 2.07 bits per heavy atom. The molecule has 1 aromatic carbocycles. The predicted molar refractivity (Wildman–Crippen MR) is 61.1 cm³/mol. The normalized spacial score (nSPS) is 10.6. The average molecular weight is 243 g/mol. The van der Waals surface area contributed by atoms with Crippen molar-refractivity contribution in [1.82, 2.24) is 4.98 Å². The number of oxazole rings is 1. The van der Waals surface area contributed by atoms with Crippen molar-refractivity contribution >= 4 is 29.2 Å². The number of benzene rings is 1. The summed E-state index contributed by atoms with van der Waals surface area (Å²) >= 11 is 11.8. The van der Waals surface area contributed by atoms with Gasteiger partial charge in [-0.2, -0.15) is 4.98 Å². The fourth-order valence-electron chi connectivity index (χ4n) is 1.35. The first-order valence-corrected chi connectivity index (χ1v) is 5.02. The van der Waals surface area contributed by atoms with Gasteiger partial charge in [0.05, 0.1) is 5.02 Å². The number of aryl methyl sites for hydroxylation is 1. The fraction of sp³-hybridized carbons (Fsp3) is 0.100. The molecular formula is C10H8Cl2N2O. The van der Waals surface area contributed by atoms with Crippen LogP contribution in [0.15, 0.2) is 22.6 Å². The molecule has 2 N–H and O–H groups in total. The molecule has 15 heavy (non-hydrogen) atoms. The summed E-state index contributed by atoms with van der Waals surface area (Å²) in [5, 5.41) is 1.11. The molecule has 0 saturated heterocycles. The van der Waals surface area contributed by atoms with E-state index in [1.54, 1.807) is 25.1 Å². The fourth-order valence-corrected chi connectivity index (χ4v) is 1.85. The molecule has 0 bridgehead atoms. The highest BCUT2D eigenvalue weighted by Gasteiger charge is 2.12. The summed E-state index contributed by atoms with van der Waals surface area (Å²) in [6, 6.07) is 5.32. The van der Waals surface area contributed by atoms with Crippen LogP contribution in [0.5, 0.6) is 0 Å². The molecule has 0 unspecified atom stereocenters. The van der Waals surface area contributed by atoms with Gasteiger partial charge in [0.15, 0.2) is 0 Å². The van der Waals surface area contributed by atoms with Crippen molar-refractivity contribution in [3.8, 4) is 11.3 Å². The molecule has 5 heteroatoms. The van der Waals surface area contributed by atoms with Crippen molar-refractivity contribution in [2.24, 2.45) is 0 Å². The summed E-state index contributed by atoms with van der Waals surface area (Å²) in [7, 11) is 0. The van der Waals surface area contributed by atoms with Gasteiger partial charge >= 0.3 is 0 Å². The molecule has 0 aliphatic rings. The zero-order chi connectivity index (χ0) is 11.0. The maximum absolute atomic E-state index is 6.04. The highest BCUT2D eigenvalue weighted by molar-refractivity contribution is 6.36. The van der Waals surface area contributed by atoms with Gasteiger partial charge < -0.3 is 10.2 Å². The molecule has 0 radical (unpaired) electrons. The van der Waals surface area contributed by atoms with Gasteiger partial charge in [-0.3, -0.25) is 0 Å².